The topological polar surface area (TPSA) is 51.6 Å². The molecule has 1 heterocycles. The smallest absolute Gasteiger partial charge is 0.0703 e. The maximum Gasteiger partial charge on any atom is 0.0703 e. The summed E-state index contributed by atoms with van der Waals surface area (Å²) in [5, 5.41) is 12.6. The molecule has 1 saturated carbocycles. The third-order valence-electron chi connectivity index (χ3n) is 3.91. The summed E-state index contributed by atoms with van der Waals surface area (Å²) in [5.74, 6) is 0. The number of nitriles is 1. The number of nitrogens with zero attached hydrogens (tertiary/aromatic N) is 1. The molecular weight excluding hydrogens is 210 g/mol. The van der Waals surface area contributed by atoms with Crippen molar-refractivity contribution < 1.29 is 0 Å². The fraction of sp³-hybridized carbons (Fsp3) is 0.643. The minimum absolute atomic E-state index is 0.0776. The Balaban J connectivity index is 1.84. The summed E-state index contributed by atoms with van der Waals surface area (Å²) in [6.07, 6.45) is 5.27. The van der Waals surface area contributed by atoms with Crippen LogP contribution in [0.4, 0.5) is 0 Å². The highest BCUT2D eigenvalue weighted by Crippen LogP contribution is 2.39. The maximum absolute atomic E-state index is 9.15. The number of hydrogen-bond donors (Lipinski definition) is 2. The summed E-state index contributed by atoms with van der Waals surface area (Å²) >= 11 is 0. The van der Waals surface area contributed by atoms with Crippen molar-refractivity contribution in [3.8, 4) is 6.07 Å². The van der Waals surface area contributed by atoms with E-state index in [0.29, 0.717) is 0 Å². The van der Waals surface area contributed by atoms with Crippen LogP contribution in [0, 0.1) is 16.7 Å². The van der Waals surface area contributed by atoms with Crippen molar-refractivity contribution in [2.45, 2.75) is 38.5 Å². The van der Waals surface area contributed by atoms with Crippen LogP contribution in [0.1, 0.15) is 38.8 Å². The van der Waals surface area contributed by atoms with Gasteiger partial charge in [-0.3, -0.25) is 0 Å². The van der Waals surface area contributed by atoms with Crippen molar-refractivity contribution in [2.75, 3.05) is 13.1 Å². The van der Waals surface area contributed by atoms with E-state index in [0.717, 1.165) is 25.9 Å². The van der Waals surface area contributed by atoms with E-state index < -0.39 is 0 Å². The van der Waals surface area contributed by atoms with Crippen molar-refractivity contribution >= 4 is 0 Å². The third kappa shape index (κ3) is 2.53. The van der Waals surface area contributed by atoms with E-state index in [9.17, 15) is 0 Å². The van der Waals surface area contributed by atoms with Crippen LogP contribution in [0.5, 0.6) is 0 Å². The Morgan fingerprint density at radius 3 is 2.76 bits per heavy atom. The summed E-state index contributed by atoms with van der Waals surface area (Å²) in [4.78, 5) is 3.26. The van der Waals surface area contributed by atoms with Crippen molar-refractivity contribution in [2.24, 2.45) is 5.41 Å². The predicted molar refractivity (Wildman–Crippen MR) is 68.6 cm³/mol. The molecule has 1 aromatic rings. The zero-order valence-electron chi connectivity index (χ0n) is 10.7. The van der Waals surface area contributed by atoms with Crippen molar-refractivity contribution in [1.29, 1.82) is 5.26 Å². The molecule has 0 aromatic carbocycles. The Kier molecular flexibility index (Phi) is 3.26. The molecule has 0 unspecified atom stereocenters. The molecule has 92 valence electrons. The third-order valence-corrected chi connectivity index (χ3v) is 3.91. The number of rotatable bonds is 5. The van der Waals surface area contributed by atoms with Crippen LogP contribution in [0.25, 0.3) is 0 Å². The van der Waals surface area contributed by atoms with Gasteiger partial charge < -0.3 is 10.3 Å². The monoisotopic (exact) mass is 231 g/mol. The summed E-state index contributed by atoms with van der Waals surface area (Å²) < 4.78 is 0. The van der Waals surface area contributed by atoms with Crippen molar-refractivity contribution in [3.05, 3.63) is 24.0 Å². The molecule has 0 atom stereocenters. The Morgan fingerprint density at radius 2 is 2.29 bits per heavy atom. The number of nitrogens with one attached hydrogen (secondary N) is 2. The van der Waals surface area contributed by atoms with Gasteiger partial charge in [0.2, 0.25) is 0 Å². The summed E-state index contributed by atoms with van der Waals surface area (Å²) in [6, 6.07) is 6.61. The van der Waals surface area contributed by atoms with Gasteiger partial charge in [0.1, 0.15) is 0 Å². The molecule has 0 aliphatic heterocycles. The van der Waals surface area contributed by atoms with E-state index in [1.165, 1.54) is 12.1 Å². The fourth-order valence-corrected chi connectivity index (χ4v) is 2.39. The molecule has 3 nitrogen and oxygen atoms in total. The molecule has 1 aliphatic carbocycles. The van der Waals surface area contributed by atoms with Crippen LogP contribution in [-0.4, -0.2) is 18.1 Å². The van der Waals surface area contributed by atoms with Gasteiger partial charge in [-0.15, -0.1) is 0 Å². The van der Waals surface area contributed by atoms with Gasteiger partial charge in [0.15, 0.2) is 0 Å². The molecule has 17 heavy (non-hydrogen) atoms. The SMILES string of the molecule is CC(C)(CNCC1(C#N)CCC1)c1ccc[nH]1. The normalized spacial score (nSPS) is 18.4. The van der Waals surface area contributed by atoms with Gasteiger partial charge in [0, 0.05) is 30.4 Å². The van der Waals surface area contributed by atoms with Crippen molar-refractivity contribution in [3.63, 3.8) is 0 Å². The second-order valence-corrected chi connectivity index (χ2v) is 5.82. The van der Waals surface area contributed by atoms with Crippen molar-refractivity contribution in [1.82, 2.24) is 10.3 Å². The Labute approximate surface area is 103 Å². The largest absolute Gasteiger partial charge is 0.365 e. The molecule has 0 saturated heterocycles. The molecule has 1 aromatic heterocycles. The first-order valence-electron chi connectivity index (χ1n) is 6.34. The Bertz CT molecular complexity index is 394. The lowest BCUT2D eigenvalue weighted by atomic mass is 9.70. The number of aromatic nitrogens is 1. The molecule has 0 amide bonds. The first-order valence-corrected chi connectivity index (χ1v) is 6.34. The van der Waals surface area contributed by atoms with Crippen LogP contribution in [0.2, 0.25) is 0 Å². The van der Waals surface area contributed by atoms with Crippen LogP contribution in [0.3, 0.4) is 0 Å². The molecule has 1 aliphatic rings. The van der Waals surface area contributed by atoms with Crippen LogP contribution in [0.15, 0.2) is 18.3 Å². The van der Waals surface area contributed by atoms with E-state index in [1.807, 2.05) is 12.3 Å². The second-order valence-electron chi connectivity index (χ2n) is 5.82. The van der Waals surface area contributed by atoms with Crippen LogP contribution in [-0.2, 0) is 5.41 Å². The summed E-state index contributed by atoms with van der Waals surface area (Å²) in [6.45, 7) is 6.15. The standard InChI is InChI=1S/C14H21N3/c1-13(2,12-5-3-8-17-12)10-16-11-14(9-15)6-4-7-14/h3,5,8,16-17H,4,6-7,10-11H2,1-2H3. The highest BCUT2D eigenvalue weighted by Gasteiger charge is 2.37. The van der Waals surface area contributed by atoms with Gasteiger partial charge in [-0.05, 0) is 25.0 Å². The minimum Gasteiger partial charge on any atom is -0.365 e. The fourth-order valence-electron chi connectivity index (χ4n) is 2.39. The lowest BCUT2D eigenvalue weighted by Gasteiger charge is -2.36. The maximum atomic E-state index is 9.15. The molecule has 1 fully saturated rings. The molecule has 0 spiro atoms. The van der Waals surface area contributed by atoms with Crippen LogP contribution >= 0.6 is 0 Å². The Hall–Kier alpha value is -1.27. The summed E-state index contributed by atoms with van der Waals surface area (Å²) in [5.41, 5.74) is 1.25. The van der Waals surface area contributed by atoms with Gasteiger partial charge in [-0.2, -0.15) is 5.26 Å². The Morgan fingerprint density at radius 1 is 1.53 bits per heavy atom. The lowest BCUT2D eigenvalue weighted by molar-refractivity contribution is 0.202. The van der Waals surface area contributed by atoms with E-state index in [4.69, 9.17) is 5.26 Å². The average Bonchev–Trinajstić information content (AvgIpc) is 2.76. The second kappa shape index (κ2) is 4.54. The van der Waals surface area contributed by atoms with E-state index in [2.05, 4.69) is 36.3 Å². The van der Waals surface area contributed by atoms with E-state index >= 15 is 0 Å². The van der Waals surface area contributed by atoms with E-state index in [1.54, 1.807) is 0 Å². The van der Waals surface area contributed by atoms with Gasteiger partial charge >= 0.3 is 0 Å². The first kappa shape index (κ1) is 12.2. The quantitative estimate of drug-likeness (QED) is 0.818. The number of aromatic amines is 1. The van der Waals surface area contributed by atoms with Gasteiger partial charge in [0.05, 0.1) is 11.5 Å². The first-order chi connectivity index (χ1) is 8.08. The molecule has 3 heteroatoms. The average molecular weight is 231 g/mol. The van der Waals surface area contributed by atoms with Gasteiger partial charge in [0.25, 0.3) is 0 Å². The molecule has 0 radical (unpaired) electrons. The van der Waals surface area contributed by atoms with Crippen LogP contribution < -0.4 is 5.32 Å². The lowest BCUT2D eigenvalue weighted by Crippen LogP contribution is -2.43. The minimum atomic E-state index is -0.0776. The number of H-pyrrole nitrogens is 1. The zero-order chi connectivity index (χ0) is 12.4. The molecule has 0 bridgehead atoms. The summed E-state index contributed by atoms with van der Waals surface area (Å²) in [7, 11) is 0. The number of hydrogen-bond acceptors (Lipinski definition) is 2. The van der Waals surface area contributed by atoms with E-state index in [-0.39, 0.29) is 10.8 Å². The molecule has 2 N–H and O–H groups in total. The zero-order valence-corrected chi connectivity index (χ0v) is 10.7. The molecular formula is C14H21N3. The highest BCUT2D eigenvalue weighted by atomic mass is 14.9. The van der Waals surface area contributed by atoms with Gasteiger partial charge in [-0.25, -0.2) is 0 Å². The highest BCUT2D eigenvalue weighted by molar-refractivity contribution is 5.16. The predicted octanol–water partition coefficient (Wildman–Crippen LogP) is 2.58. The molecule has 2 rings (SSSR count). The van der Waals surface area contributed by atoms with Gasteiger partial charge in [-0.1, -0.05) is 20.3 Å².